The van der Waals surface area contributed by atoms with Crippen LogP contribution in [0.1, 0.15) is 47.7 Å². The van der Waals surface area contributed by atoms with Crippen molar-refractivity contribution in [3.63, 3.8) is 0 Å². The lowest BCUT2D eigenvalue weighted by Crippen LogP contribution is -2.45. The largest absolute Gasteiger partial charge is 0.465 e. The molecule has 6 heteroatoms. The third kappa shape index (κ3) is 3.93. The van der Waals surface area contributed by atoms with E-state index in [1.807, 2.05) is 13.8 Å². The highest BCUT2D eigenvalue weighted by molar-refractivity contribution is 5.99. The average Bonchev–Trinajstić information content (AvgIpc) is 2.47. The summed E-state index contributed by atoms with van der Waals surface area (Å²) in [6, 6.07) is 2.74. The Hall–Kier alpha value is -2.37. The molecule has 0 saturated heterocycles. The molecule has 1 aliphatic carbocycles. The molecule has 0 bridgehead atoms. The molecule has 0 aliphatic heterocycles. The van der Waals surface area contributed by atoms with Crippen LogP contribution in [-0.4, -0.2) is 30.9 Å². The van der Waals surface area contributed by atoms with Gasteiger partial charge in [0.05, 0.1) is 12.7 Å². The van der Waals surface area contributed by atoms with Crippen LogP contribution in [0.2, 0.25) is 0 Å². The fourth-order valence-electron chi connectivity index (χ4n) is 2.57. The minimum atomic E-state index is -0.638. The van der Waals surface area contributed by atoms with Gasteiger partial charge in [0.15, 0.2) is 0 Å². The maximum Gasteiger partial charge on any atom is 0.338 e. The first-order chi connectivity index (χ1) is 11.3. The summed E-state index contributed by atoms with van der Waals surface area (Å²) >= 11 is 0. The van der Waals surface area contributed by atoms with Gasteiger partial charge in [-0.05, 0) is 56.9 Å². The molecule has 1 aromatic carbocycles. The summed E-state index contributed by atoms with van der Waals surface area (Å²) in [6.45, 7) is 5.34. The Morgan fingerprint density at radius 3 is 2.42 bits per heavy atom. The highest BCUT2D eigenvalue weighted by Crippen LogP contribution is 2.26. The Morgan fingerprint density at radius 1 is 1.21 bits per heavy atom. The summed E-state index contributed by atoms with van der Waals surface area (Å²) in [5, 5.41) is 5.48. The van der Waals surface area contributed by atoms with E-state index >= 15 is 0 Å². The Labute approximate surface area is 142 Å². The number of benzene rings is 1. The number of hydrogen-bond acceptors (Lipinski definition) is 4. The van der Waals surface area contributed by atoms with Crippen molar-refractivity contribution in [1.29, 1.82) is 0 Å². The number of anilines is 1. The van der Waals surface area contributed by atoms with Crippen LogP contribution >= 0.6 is 0 Å². The number of methoxy groups -OCH3 is 1. The van der Waals surface area contributed by atoms with Crippen molar-refractivity contribution in [3.05, 3.63) is 28.8 Å². The molecule has 1 aromatic rings. The molecule has 0 heterocycles. The molecule has 24 heavy (non-hydrogen) atoms. The van der Waals surface area contributed by atoms with Gasteiger partial charge in [0.2, 0.25) is 11.8 Å². The second-order valence-corrected chi connectivity index (χ2v) is 6.30. The smallest absolute Gasteiger partial charge is 0.338 e. The van der Waals surface area contributed by atoms with E-state index in [1.54, 1.807) is 19.1 Å². The number of hydrogen-bond donors (Lipinski definition) is 2. The summed E-state index contributed by atoms with van der Waals surface area (Å²) < 4.78 is 4.77. The number of ether oxygens (including phenoxy) is 1. The highest BCUT2D eigenvalue weighted by Gasteiger charge is 2.27. The van der Waals surface area contributed by atoms with Crippen molar-refractivity contribution in [2.75, 3.05) is 12.4 Å². The topological polar surface area (TPSA) is 84.5 Å². The summed E-state index contributed by atoms with van der Waals surface area (Å²) in [5.41, 5.74) is 2.61. The Kier molecular flexibility index (Phi) is 5.59. The Bertz CT molecular complexity index is 665. The SMILES string of the molecule is COC(=O)c1cc(NC(=O)C(C)NC(=O)C2CCC2)cc(C)c1C. The molecule has 1 aliphatic rings. The Morgan fingerprint density at radius 2 is 1.88 bits per heavy atom. The van der Waals surface area contributed by atoms with E-state index in [-0.39, 0.29) is 17.7 Å². The van der Waals surface area contributed by atoms with Gasteiger partial charge in [-0.25, -0.2) is 4.79 Å². The van der Waals surface area contributed by atoms with Crippen molar-refractivity contribution in [2.45, 2.75) is 46.1 Å². The van der Waals surface area contributed by atoms with Crippen LogP contribution < -0.4 is 10.6 Å². The lowest BCUT2D eigenvalue weighted by Gasteiger charge is -2.25. The first kappa shape index (κ1) is 18.0. The predicted octanol–water partition coefficient (Wildman–Crippen LogP) is 2.33. The number of rotatable bonds is 5. The average molecular weight is 332 g/mol. The van der Waals surface area contributed by atoms with Gasteiger partial charge < -0.3 is 15.4 Å². The number of carbonyl (C=O) groups excluding carboxylic acids is 3. The zero-order valence-electron chi connectivity index (χ0n) is 14.6. The van der Waals surface area contributed by atoms with E-state index in [0.717, 1.165) is 30.4 Å². The predicted molar refractivity (Wildman–Crippen MR) is 90.8 cm³/mol. The minimum absolute atomic E-state index is 0.0350. The van der Waals surface area contributed by atoms with E-state index in [9.17, 15) is 14.4 Å². The maximum atomic E-state index is 12.3. The van der Waals surface area contributed by atoms with Crippen LogP contribution in [0.15, 0.2) is 12.1 Å². The molecular formula is C18H24N2O4. The molecular weight excluding hydrogens is 308 g/mol. The standard InChI is InChI=1S/C18H24N2O4/c1-10-8-14(9-15(11(10)2)18(23)24-4)20-16(21)12(3)19-17(22)13-6-5-7-13/h8-9,12-13H,5-7H2,1-4H3,(H,19,22)(H,20,21). The van der Waals surface area contributed by atoms with Gasteiger partial charge in [0.1, 0.15) is 6.04 Å². The quantitative estimate of drug-likeness (QED) is 0.811. The lowest BCUT2D eigenvalue weighted by atomic mass is 9.84. The first-order valence-corrected chi connectivity index (χ1v) is 8.14. The Balaban J connectivity index is 2.06. The molecule has 2 amide bonds. The third-order valence-electron chi connectivity index (χ3n) is 4.57. The van der Waals surface area contributed by atoms with E-state index in [2.05, 4.69) is 10.6 Å². The fourth-order valence-corrected chi connectivity index (χ4v) is 2.57. The van der Waals surface area contributed by atoms with Crippen molar-refractivity contribution in [2.24, 2.45) is 5.92 Å². The normalized spacial score (nSPS) is 15.2. The van der Waals surface area contributed by atoms with E-state index in [4.69, 9.17) is 4.74 Å². The molecule has 0 spiro atoms. The summed E-state index contributed by atoms with van der Waals surface area (Å²) in [5.74, 6) is -0.799. The zero-order valence-corrected chi connectivity index (χ0v) is 14.6. The van der Waals surface area contributed by atoms with Crippen LogP contribution in [0.4, 0.5) is 5.69 Å². The van der Waals surface area contributed by atoms with Gasteiger partial charge in [-0.1, -0.05) is 6.42 Å². The summed E-state index contributed by atoms with van der Waals surface area (Å²) in [6.07, 6.45) is 2.84. The maximum absolute atomic E-state index is 12.3. The van der Waals surface area contributed by atoms with E-state index < -0.39 is 12.0 Å². The van der Waals surface area contributed by atoms with Gasteiger partial charge in [-0.2, -0.15) is 0 Å². The van der Waals surface area contributed by atoms with E-state index in [1.165, 1.54) is 7.11 Å². The third-order valence-corrected chi connectivity index (χ3v) is 4.57. The van der Waals surface area contributed by atoms with Crippen LogP contribution in [0.25, 0.3) is 0 Å². The second kappa shape index (κ2) is 7.47. The lowest BCUT2D eigenvalue weighted by molar-refractivity contribution is -0.130. The zero-order chi connectivity index (χ0) is 17.9. The van der Waals surface area contributed by atoms with E-state index in [0.29, 0.717) is 11.3 Å². The number of esters is 1. The fraction of sp³-hybridized carbons (Fsp3) is 0.500. The number of carbonyl (C=O) groups is 3. The van der Waals surface area contributed by atoms with Gasteiger partial charge >= 0.3 is 5.97 Å². The van der Waals surface area contributed by atoms with Gasteiger partial charge in [-0.15, -0.1) is 0 Å². The first-order valence-electron chi connectivity index (χ1n) is 8.14. The number of nitrogens with one attached hydrogen (secondary N) is 2. The van der Waals surface area contributed by atoms with Crippen molar-refractivity contribution >= 4 is 23.5 Å². The molecule has 0 radical (unpaired) electrons. The molecule has 0 aromatic heterocycles. The van der Waals surface area contributed by atoms with Crippen LogP contribution in [0.5, 0.6) is 0 Å². The molecule has 1 unspecified atom stereocenters. The number of aryl methyl sites for hydroxylation is 1. The summed E-state index contributed by atoms with van der Waals surface area (Å²) in [4.78, 5) is 36.0. The van der Waals surface area contributed by atoms with Crippen LogP contribution in [-0.2, 0) is 14.3 Å². The molecule has 1 fully saturated rings. The van der Waals surface area contributed by atoms with Crippen molar-refractivity contribution < 1.29 is 19.1 Å². The highest BCUT2D eigenvalue weighted by atomic mass is 16.5. The van der Waals surface area contributed by atoms with Gasteiger partial charge in [-0.3, -0.25) is 9.59 Å². The monoisotopic (exact) mass is 332 g/mol. The van der Waals surface area contributed by atoms with Crippen molar-refractivity contribution in [1.82, 2.24) is 5.32 Å². The molecule has 1 atom stereocenters. The summed E-state index contributed by atoms with van der Waals surface area (Å²) in [7, 11) is 1.32. The molecule has 2 N–H and O–H groups in total. The molecule has 130 valence electrons. The minimum Gasteiger partial charge on any atom is -0.465 e. The molecule has 6 nitrogen and oxygen atoms in total. The van der Waals surface area contributed by atoms with Gasteiger partial charge in [0, 0.05) is 11.6 Å². The van der Waals surface area contributed by atoms with Crippen LogP contribution in [0.3, 0.4) is 0 Å². The van der Waals surface area contributed by atoms with Gasteiger partial charge in [0.25, 0.3) is 0 Å². The second-order valence-electron chi connectivity index (χ2n) is 6.30. The number of amides is 2. The van der Waals surface area contributed by atoms with Crippen molar-refractivity contribution in [3.8, 4) is 0 Å². The molecule has 1 saturated carbocycles. The van der Waals surface area contributed by atoms with Crippen LogP contribution in [0, 0.1) is 19.8 Å². The molecule has 2 rings (SSSR count).